The lowest BCUT2D eigenvalue weighted by molar-refractivity contribution is 0.794. The fourth-order valence-corrected chi connectivity index (χ4v) is 12.0. The van der Waals surface area contributed by atoms with E-state index in [1.54, 1.807) is 0 Å². The minimum atomic E-state index is -0.499. The molecular weight excluding hydrogens is 735 g/mol. The lowest BCUT2D eigenvalue weighted by atomic mass is 9.70. The number of nitrogens with zero attached hydrogens (tertiary/aromatic N) is 3. The molecule has 3 aromatic heterocycles. The zero-order valence-electron chi connectivity index (χ0n) is 31.6. The summed E-state index contributed by atoms with van der Waals surface area (Å²) in [5.41, 5.74) is 15.8. The van der Waals surface area contributed by atoms with Gasteiger partial charge in [-0.1, -0.05) is 152 Å². The standard InChI is InChI=1S/C55H31N3S/c1-2-15-33-32(14-1)28-29-44-51(33)52-38(20-13-23-43(52)55(44)41-21-7-3-16-34(41)35-17-4-8-22-42(35)55)53-54(57-46-25-10-9-24-45(46)56-53)58-47-26-11-5-18-36(47)39-31-50-40(30-48(39)58)37-19-6-12-27-49(37)59-50/h1-31H. The molecule has 0 aliphatic heterocycles. The van der Waals surface area contributed by atoms with Crippen molar-refractivity contribution in [1.82, 2.24) is 14.5 Å². The molecule has 0 bridgehead atoms. The molecule has 0 fully saturated rings. The molecule has 0 saturated heterocycles. The average molecular weight is 766 g/mol. The summed E-state index contributed by atoms with van der Waals surface area (Å²) in [6, 6.07) is 69.2. The average Bonchev–Trinajstić information content (AvgIpc) is 4.01. The summed E-state index contributed by atoms with van der Waals surface area (Å²) in [5.74, 6) is 0.831. The molecule has 0 amide bonds. The molecule has 1 spiro atoms. The van der Waals surface area contributed by atoms with Gasteiger partial charge in [0.25, 0.3) is 0 Å². The van der Waals surface area contributed by atoms with E-state index < -0.39 is 5.41 Å². The first-order chi connectivity index (χ1) is 29.3. The van der Waals surface area contributed by atoms with Crippen LogP contribution in [0.3, 0.4) is 0 Å². The Kier molecular flexibility index (Phi) is 6.10. The molecule has 0 saturated carbocycles. The number of benzene rings is 9. The molecule has 0 N–H and O–H groups in total. The first-order valence-electron chi connectivity index (χ1n) is 20.2. The van der Waals surface area contributed by atoms with Crippen molar-refractivity contribution in [2.45, 2.75) is 5.41 Å². The normalized spacial score (nSPS) is 13.6. The Morgan fingerprint density at radius 2 is 1.02 bits per heavy atom. The molecule has 0 radical (unpaired) electrons. The highest BCUT2D eigenvalue weighted by atomic mass is 32.1. The van der Waals surface area contributed by atoms with Crippen LogP contribution in [0.5, 0.6) is 0 Å². The molecule has 0 unspecified atom stereocenters. The molecular formula is C55H31N3S. The van der Waals surface area contributed by atoms with E-state index in [1.807, 2.05) is 11.3 Å². The van der Waals surface area contributed by atoms with Crippen LogP contribution in [0.4, 0.5) is 0 Å². The molecule has 59 heavy (non-hydrogen) atoms. The molecule has 4 heteroatoms. The van der Waals surface area contributed by atoms with Crippen molar-refractivity contribution < 1.29 is 0 Å². The maximum Gasteiger partial charge on any atom is 0.165 e. The second kappa shape index (κ2) is 11.4. The smallest absolute Gasteiger partial charge is 0.165 e. The van der Waals surface area contributed by atoms with Gasteiger partial charge in [0.2, 0.25) is 0 Å². The Labute approximate surface area is 343 Å². The van der Waals surface area contributed by atoms with Crippen molar-refractivity contribution in [2.24, 2.45) is 0 Å². The maximum absolute atomic E-state index is 5.67. The number of hydrogen-bond donors (Lipinski definition) is 0. The molecule has 2 aliphatic rings. The molecule has 9 aromatic carbocycles. The summed E-state index contributed by atoms with van der Waals surface area (Å²) in [4.78, 5) is 11.3. The molecule has 14 rings (SSSR count). The molecule has 3 heterocycles. The first-order valence-corrected chi connectivity index (χ1v) is 21.1. The Hall–Kier alpha value is -7.40. The van der Waals surface area contributed by atoms with E-state index in [9.17, 15) is 0 Å². The van der Waals surface area contributed by atoms with Crippen LogP contribution in [0.25, 0.3) is 103 Å². The minimum absolute atomic E-state index is 0.499. The van der Waals surface area contributed by atoms with E-state index in [2.05, 4.69) is 193 Å². The van der Waals surface area contributed by atoms with Gasteiger partial charge in [-0.25, -0.2) is 9.97 Å². The van der Waals surface area contributed by atoms with Crippen molar-refractivity contribution in [3.63, 3.8) is 0 Å². The van der Waals surface area contributed by atoms with Crippen LogP contribution in [0.2, 0.25) is 0 Å². The zero-order chi connectivity index (χ0) is 38.4. The van der Waals surface area contributed by atoms with Gasteiger partial charge in [-0.2, -0.15) is 0 Å². The second-order valence-electron chi connectivity index (χ2n) is 16.0. The van der Waals surface area contributed by atoms with Crippen LogP contribution >= 0.6 is 11.3 Å². The fraction of sp³-hybridized carbons (Fsp3) is 0.0182. The SMILES string of the molecule is c1ccc2c(c1)-c1ccccc1C21c2cccc(-c3nc4ccccc4nc3-n3c4ccccc4c4cc5sc6ccccc6c5cc43)c2-c2c1ccc1ccccc21. The van der Waals surface area contributed by atoms with Gasteiger partial charge >= 0.3 is 0 Å². The van der Waals surface area contributed by atoms with Gasteiger partial charge in [-0.3, -0.25) is 4.57 Å². The summed E-state index contributed by atoms with van der Waals surface area (Å²) in [5, 5.41) is 7.43. The van der Waals surface area contributed by atoms with Crippen LogP contribution in [-0.4, -0.2) is 14.5 Å². The number of hydrogen-bond acceptors (Lipinski definition) is 3. The third-order valence-corrected chi connectivity index (χ3v) is 14.3. The van der Waals surface area contributed by atoms with Crippen molar-refractivity contribution in [2.75, 3.05) is 0 Å². The minimum Gasteiger partial charge on any atom is -0.292 e. The van der Waals surface area contributed by atoms with E-state index in [4.69, 9.17) is 9.97 Å². The van der Waals surface area contributed by atoms with E-state index in [0.29, 0.717) is 0 Å². The summed E-state index contributed by atoms with van der Waals surface area (Å²) < 4.78 is 4.98. The summed E-state index contributed by atoms with van der Waals surface area (Å²) in [6.45, 7) is 0. The van der Waals surface area contributed by atoms with Crippen LogP contribution in [0, 0.1) is 0 Å². The molecule has 12 aromatic rings. The largest absolute Gasteiger partial charge is 0.292 e. The van der Waals surface area contributed by atoms with Crippen LogP contribution in [-0.2, 0) is 5.41 Å². The highest BCUT2D eigenvalue weighted by molar-refractivity contribution is 7.25. The van der Waals surface area contributed by atoms with E-state index in [-0.39, 0.29) is 0 Å². The summed E-state index contributed by atoms with van der Waals surface area (Å²) in [6.07, 6.45) is 0. The van der Waals surface area contributed by atoms with Gasteiger partial charge in [0.15, 0.2) is 5.82 Å². The van der Waals surface area contributed by atoms with Gasteiger partial charge in [-0.05, 0) is 91.7 Å². The van der Waals surface area contributed by atoms with Gasteiger partial charge < -0.3 is 0 Å². The predicted molar refractivity (Wildman–Crippen MR) is 246 cm³/mol. The number of rotatable bonds is 2. The molecule has 3 nitrogen and oxygen atoms in total. The summed E-state index contributed by atoms with van der Waals surface area (Å²) >= 11 is 1.86. The van der Waals surface area contributed by atoms with Gasteiger partial charge in [0, 0.05) is 36.5 Å². The Bertz CT molecular complexity index is 3770. The van der Waals surface area contributed by atoms with Crippen molar-refractivity contribution in [3.05, 3.63) is 210 Å². The lowest BCUT2D eigenvalue weighted by Gasteiger charge is -2.30. The lowest BCUT2D eigenvalue weighted by Crippen LogP contribution is -2.25. The van der Waals surface area contributed by atoms with E-state index in [0.717, 1.165) is 39.1 Å². The third kappa shape index (κ3) is 3.97. The Morgan fingerprint density at radius 3 is 1.85 bits per heavy atom. The summed E-state index contributed by atoms with van der Waals surface area (Å²) in [7, 11) is 0. The van der Waals surface area contributed by atoms with Gasteiger partial charge in [-0.15, -0.1) is 11.3 Å². The fourth-order valence-electron chi connectivity index (χ4n) is 10.9. The van der Waals surface area contributed by atoms with Crippen molar-refractivity contribution >= 4 is 75.1 Å². The zero-order valence-corrected chi connectivity index (χ0v) is 32.5. The van der Waals surface area contributed by atoms with Gasteiger partial charge in [0.1, 0.15) is 5.69 Å². The van der Waals surface area contributed by atoms with Crippen LogP contribution in [0.15, 0.2) is 188 Å². The topological polar surface area (TPSA) is 30.7 Å². The van der Waals surface area contributed by atoms with Crippen LogP contribution in [0.1, 0.15) is 22.3 Å². The monoisotopic (exact) mass is 765 g/mol. The predicted octanol–water partition coefficient (Wildman–Crippen LogP) is 14.3. The highest BCUT2D eigenvalue weighted by Gasteiger charge is 2.52. The Balaban J connectivity index is 1.16. The maximum atomic E-state index is 5.67. The van der Waals surface area contributed by atoms with Crippen molar-refractivity contribution in [3.8, 4) is 39.3 Å². The second-order valence-corrected chi connectivity index (χ2v) is 17.1. The van der Waals surface area contributed by atoms with Crippen LogP contribution < -0.4 is 0 Å². The van der Waals surface area contributed by atoms with E-state index in [1.165, 1.54) is 86.2 Å². The number of aromatic nitrogens is 3. The third-order valence-electron chi connectivity index (χ3n) is 13.2. The Morgan fingerprint density at radius 1 is 0.390 bits per heavy atom. The van der Waals surface area contributed by atoms with Crippen molar-refractivity contribution in [1.29, 1.82) is 0 Å². The molecule has 2 aliphatic carbocycles. The first kappa shape index (κ1) is 31.7. The molecule has 0 atom stereocenters. The number of thiophene rings is 1. The molecule has 272 valence electrons. The quantitative estimate of drug-likeness (QED) is 0.175. The number of para-hydroxylation sites is 3. The number of fused-ring (bicyclic) bond motifs is 19. The van der Waals surface area contributed by atoms with E-state index >= 15 is 0 Å². The van der Waals surface area contributed by atoms with Gasteiger partial charge in [0.05, 0.1) is 27.5 Å². The highest BCUT2D eigenvalue weighted by Crippen LogP contribution is 2.65.